The number of nitrogens with one attached hydrogen (secondary N) is 2. The highest BCUT2D eigenvalue weighted by molar-refractivity contribution is 6.02. The predicted octanol–water partition coefficient (Wildman–Crippen LogP) is 3.51. The van der Waals surface area contributed by atoms with Crippen molar-refractivity contribution in [2.24, 2.45) is 0 Å². The highest BCUT2D eigenvalue weighted by Crippen LogP contribution is 2.18. The van der Waals surface area contributed by atoms with Gasteiger partial charge in [-0.1, -0.05) is 19.1 Å². The summed E-state index contributed by atoms with van der Waals surface area (Å²) in [5.41, 5.74) is 1.91. The van der Waals surface area contributed by atoms with Crippen LogP contribution in [0.1, 0.15) is 41.8 Å². The van der Waals surface area contributed by atoms with Crippen LogP contribution in [0.25, 0.3) is 0 Å². The Balaban J connectivity index is 2.09. The number of aryl methyl sites for hydroxylation is 1. The number of hydrogen-bond donors (Lipinski definition) is 2. The molecule has 0 aliphatic rings. The van der Waals surface area contributed by atoms with Crippen molar-refractivity contribution in [2.45, 2.75) is 26.8 Å². The maximum absolute atomic E-state index is 12.0. The van der Waals surface area contributed by atoms with Crippen LogP contribution in [0.3, 0.4) is 0 Å². The van der Waals surface area contributed by atoms with Gasteiger partial charge in [-0.05, 0) is 50.2 Å². The number of benzene rings is 1. The van der Waals surface area contributed by atoms with Gasteiger partial charge in [0.05, 0.1) is 0 Å². The Bertz CT molecular complexity index is 590. The third-order valence-corrected chi connectivity index (χ3v) is 3.12. The number of hydrogen-bond acceptors (Lipinski definition) is 3. The standard InChI is InChI=1S/C16H20N2O2/c1-4-17-12(3)13-6-5-7-14(10-13)18-16(19)15-9-8-11(2)20-15/h5-10,12,17H,4H2,1-3H3,(H,18,19). The van der Waals surface area contributed by atoms with Gasteiger partial charge in [0.1, 0.15) is 5.76 Å². The first kappa shape index (κ1) is 14.3. The van der Waals surface area contributed by atoms with E-state index >= 15 is 0 Å². The Morgan fingerprint density at radius 1 is 1.30 bits per heavy atom. The predicted molar refractivity (Wildman–Crippen MR) is 79.9 cm³/mol. The zero-order chi connectivity index (χ0) is 14.5. The molecule has 1 aromatic carbocycles. The van der Waals surface area contributed by atoms with E-state index in [4.69, 9.17) is 4.42 Å². The summed E-state index contributed by atoms with van der Waals surface area (Å²) in [6.45, 7) is 6.89. The first-order valence-electron chi connectivity index (χ1n) is 6.81. The van der Waals surface area contributed by atoms with Crippen LogP contribution in [0.4, 0.5) is 5.69 Å². The van der Waals surface area contributed by atoms with Crippen LogP contribution in [0.15, 0.2) is 40.8 Å². The lowest BCUT2D eigenvalue weighted by molar-refractivity contribution is 0.0995. The van der Waals surface area contributed by atoms with Gasteiger partial charge >= 0.3 is 0 Å². The minimum atomic E-state index is -0.230. The molecule has 2 N–H and O–H groups in total. The number of rotatable bonds is 5. The molecule has 106 valence electrons. The molecular weight excluding hydrogens is 252 g/mol. The van der Waals surface area contributed by atoms with Crippen molar-refractivity contribution < 1.29 is 9.21 Å². The Hall–Kier alpha value is -2.07. The largest absolute Gasteiger partial charge is 0.456 e. The van der Waals surface area contributed by atoms with E-state index in [0.29, 0.717) is 5.76 Å². The van der Waals surface area contributed by atoms with Crippen molar-refractivity contribution in [2.75, 3.05) is 11.9 Å². The molecule has 1 atom stereocenters. The van der Waals surface area contributed by atoms with E-state index in [-0.39, 0.29) is 11.9 Å². The molecule has 1 unspecified atom stereocenters. The van der Waals surface area contributed by atoms with Gasteiger partial charge in [0.2, 0.25) is 0 Å². The van der Waals surface area contributed by atoms with Gasteiger partial charge in [0.25, 0.3) is 5.91 Å². The third kappa shape index (κ3) is 3.48. The van der Waals surface area contributed by atoms with Crippen LogP contribution < -0.4 is 10.6 Å². The van der Waals surface area contributed by atoms with Crippen molar-refractivity contribution in [3.05, 3.63) is 53.5 Å². The Labute approximate surface area is 119 Å². The van der Waals surface area contributed by atoms with Gasteiger partial charge in [-0.25, -0.2) is 0 Å². The minimum absolute atomic E-state index is 0.230. The van der Waals surface area contributed by atoms with Crippen molar-refractivity contribution in [1.82, 2.24) is 5.32 Å². The fraction of sp³-hybridized carbons (Fsp3) is 0.312. The maximum atomic E-state index is 12.0. The Kier molecular flexibility index (Phi) is 4.58. The molecule has 1 aromatic heterocycles. The van der Waals surface area contributed by atoms with Crippen molar-refractivity contribution >= 4 is 11.6 Å². The van der Waals surface area contributed by atoms with Crippen molar-refractivity contribution in [3.8, 4) is 0 Å². The molecule has 1 heterocycles. The zero-order valence-corrected chi connectivity index (χ0v) is 12.1. The molecule has 1 amide bonds. The maximum Gasteiger partial charge on any atom is 0.291 e. The van der Waals surface area contributed by atoms with Crippen LogP contribution in [0.5, 0.6) is 0 Å². The molecule has 4 heteroatoms. The van der Waals surface area contributed by atoms with E-state index in [0.717, 1.165) is 23.6 Å². The summed E-state index contributed by atoms with van der Waals surface area (Å²) in [6.07, 6.45) is 0. The lowest BCUT2D eigenvalue weighted by Gasteiger charge is -2.14. The molecule has 0 bridgehead atoms. The lowest BCUT2D eigenvalue weighted by Crippen LogP contribution is -2.18. The van der Waals surface area contributed by atoms with Crippen LogP contribution in [-0.4, -0.2) is 12.5 Å². The average molecular weight is 272 g/mol. The highest BCUT2D eigenvalue weighted by Gasteiger charge is 2.11. The van der Waals surface area contributed by atoms with Crippen LogP contribution in [0, 0.1) is 6.92 Å². The molecule has 0 aliphatic heterocycles. The molecule has 0 saturated heterocycles. The van der Waals surface area contributed by atoms with E-state index in [9.17, 15) is 4.79 Å². The third-order valence-electron chi connectivity index (χ3n) is 3.12. The molecule has 4 nitrogen and oxygen atoms in total. The van der Waals surface area contributed by atoms with Gasteiger partial charge in [-0.15, -0.1) is 0 Å². The summed E-state index contributed by atoms with van der Waals surface area (Å²) in [5, 5.41) is 6.19. The van der Waals surface area contributed by atoms with Crippen molar-refractivity contribution in [3.63, 3.8) is 0 Å². The van der Waals surface area contributed by atoms with E-state index in [1.165, 1.54) is 0 Å². The van der Waals surface area contributed by atoms with Crippen LogP contribution in [0.2, 0.25) is 0 Å². The Morgan fingerprint density at radius 3 is 2.75 bits per heavy atom. The molecule has 0 aliphatic carbocycles. The first-order chi connectivity index (χ1) is 9.60. The van der Waals surface area contributed by atoms with Gasteiger partial charge in [-0.2, -0.15) is 0 Å². The van der Waals surface area contributed by atoms with Gasteiger partial charge < -0.3 is 15.1 Å². The van der Waals surface area contributed by atoms with Gasteiger partial charge in [0.15, 0.2) is 5.76 Å². The molecular formula is C16H20N2O2. The number of carbonyl (C=O) groups excluding carboxylic acids is 1. The molecule has 0 spiro atoms. The van der Waals surface area contributed by atoms with Crippen LogP contribution in [-0.2, 0) is 0 Å². The molecule has 2 rings (SSSR count). The zero-order valence-electron chi connectivity index (χ0n) is 12.1. The minimum Gasteiger partial charge on any atom is -0.456 e. The number of furan rings is 1. The van der Waals surface area contributed by atoms with E-state index in [1.54, 1.807) is 12.1 Å². The summed E-state index contributed by atoms with van der Waals surface area (Å²) < 4.78 is 5.31. The van der Waals surface area contributed by atoms with E-state index in [2.05, 4.69) is 24.5 Å². The normalized spacial score (nSPS) is 12.2. The SMILES string of the molecule is CCNC(C)c1cccc(NC(=O)c2ccc(C)o2)c1. The summed E-state index contributed by atoms with van der Waals surface area (Å²) in [6, 6.07) is 11.5. The first-order valence-corrected chi connectivity index (χ1v) is 6.81. The molecule has 20 heavy (non-hydrogen) atoms. The molecule has 0 saturated carbocycles. The van der Waals surface area contributed by atoms with Crippen molar-refractivity contribution in [1.29, 1.82) is 0 Å². The monoisotopic (exact) mass is 272 g/mol. The van der Waals surface area contributed by atoms with E-state index < -0.39 is 0 Å². The fourth-order valence-electron chi connectivity index (χ4n) is 2.06. The smallest absolute Gasteiger partial charge is 0.291 e. The molecule has 0 radical (unpaired) electrons. The highest BCUT2D eigenvalue weighted by atomic mass is 16.3. The summed E-state index contributed by atoms with van der Waals surface area (Å²) in [5.74, 6) is 0.823. The lowest BCUT2D eigenvalue weighted by atomic mass is 10.1. The topological polar surface area (TPSA) is 54.3 Å². The fourth-order valence-corrected chi connectivity index (χ4v) is 2.06. The average Bonchev–Trinajstić information content (AvgIpc) is 2.86. The van der Waals surface area contributed by atoms with Crippen LogP contribution >= 0.6 is 0 Å². The quantitative estimate of drug-likeness (QED) is 0.875. The second kappa shape index (κ2) is 6.39. The number of amides is 1. The van der Waals surface area contributed by atoms with Gasteiger partial charge in [-0.3, -0.25) is 4.79 Å². The number of carbonyl (C=O) groups is 1. The second-order valence-corrected chi connectivity index (χ2v) is 4.77. The van der Waals surface area contributed by atoms with E-state index in [1.807, 2.05) is 31.2 Å². The molecule has 0 fully saturated rings. The van der Waals surface area contributed by atoms with Gasteiger partial charge in [0, 0.05) is 11.7 Å². The summed E-state index contributed by atoms with van der Waals surface area (Å²) in [4.78, 5) is 12.0. The summed E-state index contributed by atoms with van der Waals surface area (Å²) in [7, 11) is 0. The summed E-state index contributed by atoms with van der Waals surface area (Å²) >= 11 is 0. The Morgan fingerprint density at radius 2 is 2.10 bits per heavy atom. The molecule has 2 aromatic rings. The number of anilines is 1. The second-order valence-electron chi connectivity index (χ2n) is 4.77.